The number of aliphatic hydroxyl groups is 1. The van der Waals surface area contributed by atoms with Crippen molar-refractivity contribution in [2.24, 2.45) is 5.92 Å². The van der Waals surface area contributed by atoms with E-state index < -0.39 is 5.82 Å². The van der Waals surface area contributed by atoms with Crippen molar-refractivity contribution >= 4 is 5.91 Å². The van der Waals surface area contributed by atoms with Gasteiger partial charge in [-0.1, -0.05) is 6.92 Å². The monoisotopic (exact) mass is 267 g/mol. The van der Waals surface area contributed by atoms with Gasteiger partial charge in [0.2, 0.25) is 0 Å². The number of methoxy groups -OCH3 is 1. The molecule has 19 heavy (non-hydrogen) atoms. The van der Waals surface area contributed by atoms with Crippen molar-refractivity contribution in [3.63, 3.8) is 0 Å². The Morgan fingerprint density at radius 3 is 2.84 bits per heavy atom. The summed E-state index contributed by atoms with van der Waals surface area (Å²) in [6, 6.07) is 4.21. The van der Waals surface area contributed by atoms with Crippen LogP contribution >= 0.6 is 0 Å². The zero-order chi connectivity index (χ0) is 14.0. The third-order valence-corrected chi connectivity index (χ3v) is 3.55. The molecular formula is C14H18FNO3. The van der Waals surface area contributed by atoms with Crippen LogP contribution in [0.2, 0.25) is 0 Å². The topological polar surface area (TPSA) is 49.8 Å². The first-order valence-corrected chi connectivity index (χ1v) is 6.33. The van der Waals surface area contributed by atoms with Crippen molar-refractivity contribution in [2.45, 2.75) is 19.4 Å². The normalized spacial score (nSPS) is 23.3. The number of rotatable bonds is 2. The van der Waals surface area contributed by atoms with E-state index in [0.717, 1.165) is 0 Å². The molecule has 1 fully saturated rings. The number of nitrogens with zero attached hydrogens (tertiary/aromatic N) is 1. The van der Waals surface area contributed by atoms with E-state index >= 15 is 0 Å². The molecule has 1 N–H and O–H groups in total. The molecule has 2 atom stereocenters. The molecule has 5 heteroatoms. The lowest BCUT2D eigenvalue weighted by Gasteiger charge is -2.34. The molecule has 2 unspecified atom stereocenters. The largest absolute Gasteiger partial charge is 0.497 e. The molecule has 4 nitrogen and oxygen atoms in total. The molecule has 0 bridgehead atoms. The summed E-state index contributed by atoms with van der Waals surface area (Å²) in [6.07, 6.45) is 0.148. The van der Waals surface area contributed by atoms with Gasteiger partial charge in [0.25, 0.3) is 5.91 Å². The summed E-state index contributed by atoms with van der Waals surface area (Å²) < 4.78 is 18.7. The van der Waals surface area contributed by atoms with Gasteiger partial charge < -0.3 is 14.7 Å². The van der Waals surface area contributed by atoms with Crippen molar-refractivity contribution in [2.75, 3.05) is 20.2 Å². The molecule has 1 aromatic rings. The Morgan fingerprint density at radius 2 is 2.26 bits per heavy atom. The van der Waals surface area contributed by atoms with E-state index in [9.17, 15) is 14.3 Å². The Kier molecular flexibility index (Phi) is 4.04. The number of piperidine rings is 1. The number of ether oxygens (including phenoxy) is 1. The summed E-state index contributed by atoms with van der Waals surface area (Å²) >= 11 is 0. The smallest absolute Gasteiger partial charge is 0.256 e. The van der Waals surface area contributed by atoms with Gasteiger partial charge in [0.05, 0.1) is 18.8 Å². The minimum Gasteiger partial charge on any atom is -0.497 e. The Morgan fingerprint density at radius 1 is 1.53 bits per heavy atom. The van der Waals surface area contributed by atoms with Gasteiger partial charge >= 0.3 is 0 Å². The number of likely N-dealkylation sites (tertiary alicyclic amines) is 1. The number of aliphatic hydroxyl groups excluding tert-OH is 1. The number of hydrogen-bond donors (Lipinski definition) is 1. The zero-order valence-corrected chi connectivity index (χ0v) is 11.1. The van der Waals surface area contributed by atoms with E-state index in [1.165, 1.54) is 19.2 Å². The summed E-state index contributed by atoms with van der Waals surface area (Å²) in [4.78, 5) is 13.8. The number of hydrogen-bond acceptors (Lipinski definition) is 3. The lowest BCUT2D eigenvalue weighted by atomic mass is 9.96. The molecule has 2 rings (SSSR count). The fourth-order valence-electron chi connectivity index (χ4n) is 2.28. The summed E-state index contributed by atoms with van der Waals surface area (Å²) in [5.74, 6) is -0.516. The Balaban J connectivity index is 2.16. The van der Waals surface area contributed by atoms with Crippen molar-refractivity contribution in [1.82, 2.24) is 4.90 Å². The minimum atomic E-state index is -0.580. The van der Waals surface area contributed by atoms with E-state index in [2.05, 4.69) is 0 Å². The summed E-state index contributed by atoms with van der Waals surface area (Å²) in [5, 5.41) is 9.64. The van der Waals surface area contributed by atoms with Gasteiger partial charge in [-0.05, 0) is 24.5 Å². The first-order chi connectivity index (χ1) is 9.02. The molecule has 0 spiro atoms. The lowest BCUT2D eigenvalue weighted by molar-refractivity contribution is 0.0295. The van der Waals surface area contributed by atoms with Crippen LogP contribution in [-0.2, 0) is 0 Å². The maximum Gasteiger partial charge on any atom is 0.256 e. The first-order valence-electron chi connectivity index (χ1n) is 6.33. The molecule has 1 heterocycles. The molecule has 0 aromatic heterocycles. The highest BCUT2D eigenvalue weighted by molar-refractivity contribution is 5.94. The van der Waals surface area contributed by atoms with Crippen LogP contribution in [0.5, 0.6) is 5.75 Å². The third-order valence-electron chi connectivity index (χ3n) is 3.55. The fraction of sp³-hybridized carbons (Fsp3) is 0.500. The van der Waals surface area contributed by atoms with Gasteiger partial charge in [-0.3, -0.25) is 4.79 Å². The van der Waals surface area contributed by atoms with Crippen molar-refractivity contribution in [3.8, 4) is 5.75 Å². The maximum absolute atomic E-state index is 13.8. The highest BCUT2D eigenvalue weighted by Crippen LogP contribution is 2.22. The number of benzene rings is 1. The highest BCUT2D eigenvalue weighted by Gasteiger charge is 2.28. The van der Waals surface area contributed by atoms with Crippen LogP contribution in [0.15, 0.2) is 18.2 Å². The SMILES string of the molecule is COc1ccc(C(=O)N2CCC(O)C(C)C2)c(F)c1. The second kappa shape index (κ2) is 5.57. The quantitative estimate of drug-likeness (QED) is 0.887. The molecule has 1 aliphatic heterocycles. The molecule has 1 amide bonds. The van der Waals surface area contributed by atoms with Gasteiger partial charge in [-0.25, -0.2) is 4.39 Å². The van der Waals surface area contributed by atoms with Crippen molar-refractivity contribution in [3.05, 3.63) is 29.6 Å². The fourth-order valence-corrected chi connectivity index (χ4v) is 2.28. The number of halogens is 1. The molecule has 104 valence electrons. The summed E-state index contributed by atoms with van der Waals surface area (Å²) in [6.45, 7) is 2.79. The van der Waals surface area contributed by atoms with Crippen molar-refractivity contribution < 1.29 is 19.0 Å². The van der Waals surface area contributed by atoms with E-state index in [-0.39, 0.29) is 23.5 Å². The average molecular weight is 267 g/mol. The summed E-state index contributed by atoms with van der Waals surface area (Å²) in [5.41, 5.74) is 0.0457. The predicted octanol–water partition coefficient (Wildman–Crippen LogP) is 1.68. The predicted molar refractivity (Wildman–Crippen MR) is 68.6 cm³/mol. The highest BCUT2D eigenvalue weighted by atomic mass is 19.1. The average Bonchev–Trinajstić information content (AvgIpc) is 2.41. The third kappa shape index (κ3) is 2.87. The maximum atomic E-state index is 13.8. The molecular weight excluding hydrogens is 249 g/mol. The number of carbonyl (C=O) groups excluding carboxylic acids is 1. The molecule has 1 saturated heterocycles. The van der Waals surface area contributed by atoms with Crippen LogP contribution in [0.4, 0.5) is 4.39 Å². The molecule has 0 radical (unpaired) electrons. The number of carbonyl (C=O) groups is 1. The standard InChI is InChI=1S/C14H18FNO3/c1-9-8-16(6-5-13(9)17)14(18)11-4-3-10(19-2)7-12(11)15/h3-4,7,9,13,17H,5-6,8H2,1-2H3. The van der Waals surface area contributed by atoms with Gasteiger partial charge in [0.1, 0.15) is 11.6 Å². The molecule has 0 aliphatic carbocycles. The first kappa shape index (κ1) is 13.8. The van der Waals surface area contributed by atoms with Gasteiger partial charge in [-0.15, -0.1) is 0 Å². The van der Waals surface area contributed by atoms with Crippen molar-refractivity contribution in [1.29, 1.82) is 0 Å². The Bertz CT molecular complexity index is 478. The molecule has 1 aromatic carbocycles. The number of amides is 1. The molecule has 1 aliphatic rings. The molecule has 0 saturated carbocycles. The van der Waals surface area contributed by atoms with Gasteiger partial charge in [0.15, 0.2) is 0 Å². The Hall–Kier alpha value is -1.62. The minimum absolute atomic E-state index is 0.0130. The van der Waals surface area contributed by atoms with Crippen LogP contribution in [0.3, 0.4) is 0 Å². The van der Waals surface area contributed by atoms with Gasteiger partial charge in [-0.2, -0.15) is 0 Å². The second-order valence-corrected chi connectivity index (χ2v) is 4.93. The van der Waals surface area contributed by atoms with E-state index in [4.69, 9.17) is 4.74 Å². The zero-order valence-electron chi connectivity index (χ0n) is 11.1. The van der Waals surface area contributed by atoms with Crippen LogP contribution in [0.1, 0.15) is 23.7 Å². The second-order valence-electron chi connectivity index (χ2n) is 4.93. The van der Waals surface area contributed by atoms with Crippen LogP contribution in [-0.4, -0.2) is 42.2 Å². The van der Waals surface area contributed by atoms with Crippen LogP contribution in [0, 0.1) is 11.7 Å². The lowest BCUT2D eigenvalue weighted by Crippen LogP contribution is -2.45. The van der Waals surface area contributed by atoms with Crippen LogP contribution in [0.25, 0.3) is 0 Å². The van der Waals surface area contributed by atoms with E-state index in [0.29, 0.717) is 25.3 Å². The summed E-state index contributed by atoms with van der Waals surface area (Å²) in [7, 11) is 1.45. The van der Waals surface area contributed by atoms with E-state index in [1.807, 2.05) is 6.92 Å². The van der Waals surface area contributed by atoms with E-state index in [1.54, 1.807) is 11.0 Å². The Labute approximate surface area is 111 Å². The van der Waals surface area contributed by atoms with Crippen LogP contribution < -0.4 is 4.74 Å². The van der Waals surface area contributed by atoms with Gasteiger partial charge in [0, 0.05) is 19.2 Å².